The number of imidazole rings is 1. The van der Waals surface area contributed by atoms with E-state index >= 15 is 0 Å². The van der Waals surface area contributed by atoms with Crippen LogP contribution in [0.25, 0.3) is 4.96 Å². The molecule has 0 bridgehead atoms. The molecule has 2 N–H and O–H groups in total. The van der Waals surface area contributed by atoms with Gasteiger partial charge in [0, 0.05) is 30.4 Å². The van der Waals surface area contributed by atoms with Gasteiger partial charge in [0.05, 0.1) is 11.8 Å². The molecule has 0 saturated heterocycles. The molecule has 0 aliphatic heterocycles. The maximum Gasteiger partial charge on any atom is 0.193 e. The van der Waals surface area contributed by atoms with Gasteiger partial charge in [0.15, 0.2) is 4.96 Å². The molecule has 0 amide bonds. The van der Waals surface area contributed by atoms with E-state index in [-0.39, 0.29) is 6.10 Å². The summed E-state index contributed by atoms with van der Waals surface area (Å²) in [5.41, 5.74) is 1.05. The molecule has 0 saturated carbocycles. The highest BCUT2D eigenvalue weighted by Gasteiger charge is 2.07. The molecular formula is C11H17N3OS. The van der Waals surface area contributed by atoms with E-state index in [9.17, 15) is 5.11 Å². The first-order chi connectivity index (χ1) is 7.65. The minimum Gasteiger partial charge on any atom is -0.393 e. The van der Waals surface area contributed by atoms with Crippen LogP contribution in [0.5, 0.6) is 0 Å². The lowest BCUT2D eigenvalue weighted by Crippen LogP contribution is -2.28. The summed E-state index contributed by atoms with van der Waals surface area (Å²) in [6, 6.07) is 0.305. The average molecular weight is 239 g/mol. The van der Waals surface area contributed by atoms with Crippen molar-refractivity contribution in [2.45, 2.75) is 39.0 Å². The van der Waals surface area contributed by atoms with Crippen molar-refractivity contribution in [3.05, 3.63) is 23.5 Å². The Balaban J connectivity index is 1.88. The van der Waals surface area contributed by atoms with E-state index in [4.69, 9.17) is 0 Å². The SMILES string of the molecule is CC(O)CC(C)NCc1cn2ccsc2n1. The van der Waals surface area contributed by atoms with Crippen LogP contribution in [0, 0.1) is 0 Å². The first-order valence-electron chi connectivity index (χ1n) is 5.47. The molecule has 2 rings (SSSR count). The van der Waals surface area contributed by atoms with Gasteiger partial charge in [-0.15, -0.1) is 11.3 Å². The molecule has 16 heavy (non-hydrogen) atoms. The van der Waals surface area contributed by atoms with Crippen LogP contribution in [0.2, 0.25) is 0 Å². The van der Waals surface area contributed by atoms with Crippen molar-refractivity contribution in [2.75, 3.05) is 0 Å². The first kappa shape index (κ1) is 11.6. The van der Waals surface area contributed by atoms with Crippen molar-refractivity contribution in [3.63, 3.8) is 0 Å². The van der Waals surface area contributed by atoms with Crippen LogP contribution >= 0.6 is 11.3 Å². The van der Waals surface area contributed by atoms with E-state index in [0.29, 0.717) is 6.04 Å². The molecule has 2 heterocycles. The molecule has 2 aromatic heterocycles. The van der Waals surface area contributed by atoms with Gasteiger partial charge in [-0.05, 0) is 20.3 Å². The monoisotopic (exact) mass is 239 g/mol. The van der Waals surface area contributed by atoms with Gasteiger partial charge in [-0.1, -0.05) is 0 Å². The number of fused-ring (bicyclic) bond motifs is 1. The van der Waals surface area contributed by atoms with Crippen molar-refractivity contribution < 1.29 is 5.11 Å². The fourth-order valence-electron chi connectivity index (χ4n) is 1.74. The average Bonchev–Trinajstić information content (AvgIpc) is 2.72. The zero-order valence-electron chi connectivity index (χ0n) is 9.55. The Bertz CT molecular complexity index is 420. The zero-order chi connectivity index (χ0) is 11.5. The zero-order valence-corrected chi connectivity index (χ0v) is 10.4. The summed E-state index contributed by atoms with van der Waals surface area (Å²) in [5, 5.41) is 14.6. The second-order valence-electron chi connectivity index (χ2n) is 4.19. The number of aliphatic hydroxyl groups excluding tert-OH is 1. The van der Waals surface area contributed by atoms with E-state index in [1.807, 2.05) is 29.1 Å². The normalized spacial score (nSPS) is 15.4. The summed E-state index contributed by atoms with van der Waals surface area (Å²) in [7, 11) is 0. The number of aromatic nitrogens is 2. The Morgan fingerprint density at radius 1 is 1.56 bits per heavy atom. The summed E-state index contributed by atoms with van der Waals surface area (Å²) < 4.78 is 2.03. The number of aliphatic hydroxyl groups is 1. The summed E-state index contributed by atoms with van der Waals surface area (Å²) >= 11 is 1.64. The smallest absolute Gasteiger partial charge is 0.193 e. The summed E-state index contributed by atoms with van der Waals surface area (Å²) in [4.78, 5) is 5.51. The predicted molar refractivity (Wildman–Crippen MR) is 65.7 cm³/mol. The second kappa shape index (κ2) is 4.95. The molecule has 0 fully saturated rings. The Morgan fingerprint density at radius 3 is 3.06 bits per heavy atom. The minimum absolute atomic E-state index is 0.256. The number of nitrogens with zero attached hydrogens (tertiary/aromatic N) is 2. The Hall–Kier alpha value is -0.910. The molecule has 2 atom stereocenters. The second-order valence-corrected chi connectivity index (χ2v) is 5.06. The molecule has 0 aliphatic rings. The van der Waals surface area contributed by atoms with Gasteiger partial charge < -0.3 is 10.4 Å². The summed E-state index contributed by atoms with van der Waals surface area (Å²) in [6.45, 7) is 4.64. The standard InChI is InChI=1S/C11H17N3OS/c1-8(5-9(2)15)12-6-10-7-14-3-4-16-11(14)13-10/h3-4,7-9,12,15H,5-6H2,1-2H3. The third kappa shape index (κ3) is 2.81. The minimum atomic E-state index is -0.256. The quantitative estimate of drug-likeness (QED) is 0.834. The van der Waals surface area contributed by atoms with Crippen LogP contribution in [0.3, 0.4) is 0 Å². The highest BCUT2D eigenvalue weighted by atomic mass is 32.1. The van der Waals surface area contributed by atoms with Crippen molar-refractivity contribution in [3.8, 4) is 0 Å². The van der Waals surface area contributed by atoms with E-state index in [1.165, 1.54) is 0 Å². The third-order valence-corrected chi connectivity index (χ3v) is 3.24. The van der Waals surface area contributed by atoms with Crippen molar-refractivity contribution in [1.29, 1.82) is 0 Å². The highest BCUT2D eigenvalue weighted by Crippen LogP contribution is 2.11. The molecule has 0 spiro atoms. The molecule has 2 unspecified atom stereocenters. The Morgan fingerprint density at radius 2 is 2.38 bits per heavy atom. The van der Waals surface area contributed by atoms with Gasteiger partial charge >= 0.3 is 0 Å². The van der Waals surface area contributed by atoms with Crippen LogP contribution in [0.1, 0.15) is 26.0 Å². The van der Waals surface area contributed by atoms with E-state index in [2.05, 4.69) is 17.2 Å². The molecule has 2 aromatic rings. The summed E-state index contributed by atoms with van der Waals surface area (Å²) in [6.07, 6.45) is 4.55. The van der Waals surface area contributed by atoms with Gasteiger partial charge in [0.2, 0.25) is 0 Å². The molecule has 88 valence electrons. The Labute approximate surface area is 98.9 Å². The molecule has 0 aliphatic carbocycles. The van der Waals surface area contributed by atoms with Crippen LogP contribution in [-0.2, 0) is 6.54 Å². The van der Waals surface area contributed by atoms with Gasteiger partial charge in [0.25, 0.3) is 0 Å². The van der Waals surface area contributed by atoms with Gasteiger partial charge in [-0.3, -0.25) is 4.40 Å². The van der Waals surface area contributed by atoms with Gasteiger partial charge in [-0.2, -0.15) is 0 Å². The van der Waals surface area contributed by atoms with Crippen molar-refractivity contribution in [2.24, 2.45) is 0 Å². The van der Waals surface area contributed by atoms with E-state index in [1.54, 1.807) is 11.3 Å². The lowest BCUT2D eigenvalue weighted by atomic mass is 10.1. The van der Waals surface area contributed by atoms with Crippen molar-refractivity contribution in [1.82, 2.24) is 14.7 Å². The maximum atomic E-state index is 9.24. The van der Waals surface area contributed by atoms with Gasteiger partial charge in [0.1, 0.15) is 0 Å². The maximum absolute atomic E-state index is 9.24. The molecule has 4 nitrogen and oxygen atoms in total. The van der Waals surface area contributed by atoms with E-state index in [0.717, 1.165) is 23.6 Å². The Kier molecular flexibility index (Phi) is 3.58. The fraction of sp³-hybridized carbons (Fsp3) is 0.545. The largest absolute Gasteiger partial charge is 0.393 e. The summed E-state index contributed by atoms with van der Waals surface area (Å²) in [5.74, 6) is 0. The molecular weight excluding hydrogens is 222 g/mol. The molecule has 0 radical (unpaired) electrons. The van der Waals surface area contributed by atoms with Gasteiger partial charge in [-0.25, -0.2) is 4.98 Å². The number of nitrogens with one attached hydrogen (secondary N) is 1. The number of hydrogen-bond donors (Lipinski definition) is 2. The first-order valence-corrected chi connectivity index (χ1v) is 6.35. The van der Waals surface area contributed by atoms with Crippen LogP contribution < -0.4 is 5.32 Å². The predicted octanol–water partition coefficient (Wildman–Crippen LogP) is 1.64. The van der Waals surface area contributed by atoms with Crippen molar-refractivity contribution >= 4 is 16.3 Å². The number of thiazole rings is 1. The van der Waals surface area contributed by atoms with E-state index < -0.39 is 0 Å². The highest BCUT2D eigenvalue weighted by molar-refractivity contribution is 7.15. The van der Waals surface area contributed by atoms with Crippen LogP contribution in [0.4, 0.5) is 0 Å². The topological polar surface area (TPSA) is 49.6 Å². The molecule has 0 aromatic carbocycles. The molecule has 5 heteroatoms. The number of rotatable bonds is 5. The van der Waals surface area contributed by atoms with Crippen LogP contribution in [-0.4, -0.2) is 26.6 Å². The fourth-order valence-corrected chi connectivity index (χ4v) is 2.45. The number of hydrogen-bond acceptors (Lipinski definition) is 4. The lowest BCUT2D eigenvalue weighted by molar-refractivity contribution is 0.170. The lowest BCUT2D eigenvalue weighted by Gasteiger charge is -2.14. The van der Waals surface area contributed by atoms with Crippen LogP contribution in [0.15, 0.2) is 17.8 Å². The third-order valence-electron chi connectivity index (χ3n) is 2.47.